The van der Waals surface area contributed by atoms with Gasteiger partial charge in [-0.15, -0.1) is 11.3 Å². The fourth-order valence-electron chi connectivity index (χ4n) is 2.72. The predicted octanol–water partition coefficient (Wildman–Crippen LogP) is 4.56. The summed E-state index contributed by atoms with van der Waals surface area (Å²) in [7, 11) is 0. The normalized spacial score (nSPS) is 14.9. The third-order valence-corrected chi connectivity index (χ3v) is 4.98. The van der Waals surface area contributed by atoms with Crippen LogP contribution in [0.4, 0.5) is 5.69 Å². The third kappa shape index (κ3) is 3.15. The van der Waals surface area contributed by atoms with Crippen LogP contribution in [0.25, 0.3) is 5.57 Å². The van der Waals surface area contributed by atoms with Gasteiger partial charge in [0.1, 0.15) is 16.6 Å². The van der Waals surface area contributed by atoms with E-state index in [1.165, 1.54) is 29.7 Å². The SMILES string of the molecule is CCCCc1ccc(N2CC(O)=C(c3nc(C)cs3)C2=N)cc1. The number of benzene rings is 1. The Morgan fingerprint density at radius 2 is 2.04 bits per heavy atom. The van der Waals surface area contributed by atoms with Crippen LogP contribution in [0.15, 0.2) is 35.4 Å². The number of hydrogen-bond acceptors (Lipinski definition) is 4. The predicted molar refractivity (Wildman–Crippen MR) is 96.5 cm³/mol. The van der Waals surface area contributed by atoms with Gasteiger partial charge in [0.15, 0.2) is 0 Å². The van der Waals surface area contributed by atoms with E-state index in [4.69, 9.17) is 5.41 Å². The lowest BCUT2D eigenvalue weighted by atomic mass is 10.1. The largest absolute Gasteiger partial charge is 0.510 e. The van der Waals surface area contributed by atoms with Crippen LogP contribution in [-0.4, -0.2) is 22.5 Å². The Labute approximate surface area is 140 Å². The molecule has 0 fully saturated rings. The molecule has 4 nitrogen and oxygen atoms in total. The second-order valence-corrected chi connectivity index (χ2v) is 6.68. The van der Waals surface area contributed by atoms with Crippen LogP contribution in [0.1, 0.15) is 36.0 Å². The summed E-state index contributed by atoms with van der Waals surface area (Å²) in [6.07, 6.45) is 3.46. The fraction of sp³-hybridized carbons (Fsp3) is 0.333. The molecule has 2 aromatic rings. The van der Waals surface area contributed by atoms with E-state index in [0.29, 0.717) is 23.0 Å². The molecular weight excluding hydrogens is 306 g/mol. The maximum absolute atomic E-state index is 10.3. The number of thiazole rings is 1. The number of unbranched alkanes of at least 4 members (excludes halogenated alkanes) is 1. The minimum atomic E-state index is 0.222. The standard InChI is InChI=1S/C18H21N3OS/c1-3-4-5-13-6-8-14(9-7-13)21-10-15(22)16(17(21)19)18-20-12(2)11-23-18/h6-9,11,19,22H,3-5,10H2,1-2H3. The maximum atomic E-state index is 10.3. The van der Waals surface area contributed by atoms with Gasteiger partial charge in [0.25, 0.3) is 0 Å². The molecule has 1 aliphatic heterocycles. The van der Waals surface area contributed by atoms with Crippen LogP contribution in [0.3, 0.4) is 0 Å². The minimum Gasteiger partial charge on any atom is -0.510 e. The zero-order chi connectivity index (χ0) is 16.4. The molecule has 23 heavy (non-hydrogen) atoms. The van der Waals surface area contributed by atoms with Gasteiger partial charge >= 0.3 is 0 Å². The highest BCUT2D eigenvalue weighted by Crippen LogP contribution is 2.32. The topological polar surface area (TPSA) is 60.2 Å². The Balaban J connectivity index is 1.80. The molecule has 5 heteroatoms. The number of hydrogen-bond donors (Lipinski definition) is 2. The van der Waals surface area contributed by atoms with E-state index in [0.717, 1.165) is 17.8 Å². The quantitative estimate of drug-likeness (QED) is 0.846. The molecule has 0 saturated heterocycles. The summed E-state index contributed by atoms with van der Waals surface area (Å²) in [5, 5.41) is 21.4. The van der Waals surface area contributed by atoms with E-state index in [2.05, 4.69) is 24.0 Å². The second-order valence-electron chi connectivity index (χ2n) is 5.82. The molecule has 0 bridgehead atoms. The smallest absolute Gasteiger partial charge is 0.139 e. The molecule has 120 valence electrons. The summed E-state index contributed by atoms with van der Waals surface area (Å²) in [5.74, 6) is 0.539. The van der Waals surface area contributed by atoms with Crippen LogP contribution in [-0.2, 0) is 6.42 Å². The van der Waals surface area contributed by atoms with Crippen molar-refractivity contribution >= 4 is 28.4 Å². The van der Waals surface area contributed by atoms with Crippen molar-refractivity contribution in [2.75, 3.05) is 11.4 Å². The summed E-state index contributed by atoms with van der Waals surface area (Å²) in [6.45, 7) is 4.44. The Morgan fingerprint density at radius 3 is 2.65 bits per heavy atom. The van der Waals surface area contributed by atoms with Crippen molar-refractivity contribution in [2.45, 2.75) is 33.1 Å². The summed E-state index contributed by atoms with van der Waals surface area (Å²) in [6, 6.07) is 8.29. The lowest BCUT2D eigenvalue weighted by Gasteiger charge is -2.19. The average molecular weight is 327 g/mol. The summed E-state index contributed by atoms with van der Waals surface area (Å²) < 4.78 is 0. The van der Waals surface area contributed by atoms with Gasteiger partial charge in [-0.25, -0.2) is 4.98 Å². The zero-order valence-corrected chi connectivity index (χ0v) is 14.3. The molecule has 0 saturated carbocycles. The van der Waals surface area contributed by atoms with E-state index in [9.17, 15) is 5.11 Å². The first-order valence-corrected chi connectivity index (χ1v) is 8.78. The van der Waals surface area contributed by atoms with E-state index in [-0.39, 0.29) is 5.76 Å². The first-order valence-electron chi connectivity index (χ1n) is 7.90. The molecule has 3 rings (SSSR count). The van der Waals surface area contributed by atoms with E-state index in [1.54, 1.807) is 0 Å². The van der Waals surface area contributed by atoms with Gasteiger partial charge in [-0.3, -0.25) is 5.41 Å². The van der Waals surface area contributed by atoms with Gasteiger partial charge in [0, 0.05) is 16.8 Å². The van der Waals surface area contributed by atoms with E-state index in [1.807, 2.05) is 29.3 Å². The highest BCUT2D eigenvalue weighted by molar-refractivity contribution is 7.11. The minimum absolute atomic E-state index is 0.222. The van der Waals surface area contributed by atoms with Crippen LogP contribution >= 0.6 is 11.3 Å². The molecule has 0 radical (unpaired) electrons. The summed E-state index contributed by atoms with van der Waals surface area (Å²) >= 11 is 1.47. The van der Waals surface area contributed by atoms with Crippen molar-refractivity contribution in [3.05, 3.63) is 51.7 Å². The molecule has 1 aromatic carbocycles. The third-order valence-electron chi connectivity index (χ3n) is 4.00. The van der Waals surface area contributed by atoms with Gasteiger partial charge in [0.05, 0.1) is 12.1 Å². The van der Waals surface area contributed by atoms with Crippen LogP contribution in [0.5, 0.6) is 0 Å². The van der Waals surface area contributed by atoms with Gasteiger partial charge in [-0.2, -0.15) is 0 Å². The van der Waals surface area contributed by atoms with Crippen molar-refractivity contribution in [1.82, 2.24) is 4.98 Å². The lowest BCUT2D eigenvalue weighted by Crippen LogP contribution is -2.25. The molecule has 0 aliphatic carbocycles. The first kappa shape index (κ1) is 15.7. The van der Waals surface area contributed by atoms with Crippen molar-refractivity contribution in [1.29, 1.82) is 5.41 Å². The number of nitrogens with zero attached hydrogens (tertiary/aromatic N) is 2. The molecule has 0 unspecified atom stereocenters. The Morgan fingerprint density at radius 1 is 1.30 bits per heavy atom. The van der Waals surface area contributed by atoms with E-state index >= 15 is 0 Å². The second kappa shape index (κ2) is 6.54. The van der Waals surface area contributed by atoms with Gasteiger partial charge in [-0.1, -0.05) is 25.5 Å². The molecule has 0 spiro atoms. The monoisotopic (exact) mass is 327 g/mol. The van der Waals surface area contributed by atoms with Crippen LogP contribution in [0.2, 0.25) is 0 Å². The Kier molecular flexibility index (Phi) is 4.48. The number of aliphatic hydroxyl groups is 1. The van der Waals surface area contributed by atoms with E-state index < -0.39 is 0 Å². The fourth-order valence-corrected chi connectivity index (χ4v) is 3.58. The van der Waals surface area contributed by atoms with Crippen molar-refractivity contribution < 1.29 is 5.11 Å². The summed E-state index contributed by atoms with van der Waals surface area (Å²) in [4.78, 5) is 6.23. The Hall–Kier alpha value is -2.14. The first-order chi connectivity index (χ1) is 11.1. The number of anilines is 1. The maximum Gasteiger partial charge on any atom is 0.139 e. The highest BCUT2D eigenvalue weighted by atomic mass is 32.1. The van der Waals surface area contributed by atoms with Crippen molar-refractivity contribution in [3.8, 4) is 0 Å². The molecule has 0 atom stereocenters. The molecule has 1 aromatic heterocycles. The molecule has 2 N–H and O–H groups in total. The average Bonchev–Trinajstić information content (AvgIpc) is 3.09. The molecule has 1 aliphatic rings. The molecular formula is C18H21N3OS. The van der Waals surface area contributed by atoms with Gasteiger partial charge in [0.2, 0.25) is 0 Å². The number of rotatable bonds is 5. The highest BCUT2D eigenvalue weighted by Gasteiger charge is 2.30. The number of aromatic nitrogens is 1. The number of aryl methyl sites for hydroxylation is 2. The van der Waals surface area contributed by atoms with Crippen LogP contribution < -0.4 is 4.90 Å². The Bertz CT molecular complexity index is 746. The molecule has 0 amide bonds. The van der Waals surface area contributed by atoms with Gasteiger partial charge < -0.3 is 10.0 Å². The van der Waals surface area contributed by atoms with Crippen molar-refractivity contribution in [3.63, 3.8) is 0 Å². The number of aliphatic hydroxyl groups excluding tert-OH is 1. The number of amidine groups is 1. The molecule has 2 heterocycles. The lowest BCUT2D eigenvalue weighted by molar-refractivity contribution is 0.411. The zero-order valence-electron chi connectivity index (χ0n) is 13.5. The van der Waals surface area contributed by atoms with Crippen LogP contribution in [0, 0.1) is 12.3 Å². The summed E-state index contributed by atoms with van der Waals surface area (Å²) in [5.41, 5.74) is 3.72. The van der Waals surface area contributed by atoms with Gasteiger partial charge in [-0.05, 0) is 37.5 Å². The number of nitrogens with one attached hydrogen (secondary N) is 1. The van der Waals surface area contributed by atoms with Crippen molar-refractivity contribution in [2.24, 2.45) is 0 Å².